The van der Waals surface area contributed by atoms with Crippen molar-refractivity contribution in [3.8, 4) is 0 Å². The molecule has 2 aromatic rings. The second-order valence-corrected chi connectivity index (χ2v) is 9.53. The van der Waals surface area contributed by atoms with Crippen LogP contribution in [0.1, 0.15) is 56.2 Å². The van der Waals surface area contributed by atoms with Crippen LogP contribution < -0.4 is 0 Å². The highest BCUT2D eigenvalue weighted by Gasteiger charge is 2.48. The molecule has 4 rings (SSSR count). The van der Waals surface area contributed by atoms with Crippen LogP contribution in [0.3, 0.4) is 0 Å². The molecule has 0 radical (unpaired) electrons. The molecular weight excluding hydrogens is 392 g/mol. The molecule has 2 unspecified atom stereocenters. The Labute approximate surface area is 184 Å². The lowest BCUT2D eigenvalue weighted by molar-refractivity contribution is -0.921. The summed E-state index contributed by atoms with van der Waals surface area (Å²) in [6.07, 6.45) is 9.53. The van der Waals surface area contributed by atoms with Crippen LogP contribution >= 0.6 is 0 Å². The van der Waals surface area contributed by atoms with Gasteiger partial charge in [-0.25, -0.2) is 4.79 Å². The summed E-state index contributed by atoms with van der Waals surface area (Å²) in [7, 11) is 2.26. The summed E-state index contributed by atoms with van der Waals surface area (Å²) in [5, 5.41) is 15.6. The third-order valence-corrected chi connectivity index (χ3v) is 7.56. The molecule has 0 spiro atoms. The number of carbonyl (C=O) groups excluding carboxylic acids is 1. The molecule has 1 saturated heterocycles. The fourth-order valence-corrected chi connectivity index (χ4v) is 5.57. The summed E-state index contributed by atoms with van der Waals surface area (Å²) >= 11 is 0. The maximum absolute atomic E-state index is 13.3. The van der Waals surface area contributed by atoms with Crippen molar-refractivity contribution in [3.63, 3.8) is 0 Å². The van der Waals surface area contributed by atoms with Crippen molar-refractivity contribution < 1.29 is 23.6 Å². The number of likely N-dealkylation sites (tertiary alicyclic amines) is 1. The van der Waals surface area contributed by atoms with Crippen molar-refractivity contribution in [1.29, 1.82) is 0 Å². The van der Waals surface area contributed by atoms with E-state index in [1.807, 2.05) is 36.4 Å². The molecule has 31 heavy (non-hydrogen) atoms. The number of esters is 1. The van der Waals surface area contributed by atoms with E-state index < -0.39 is 11.6 Å². The minimum absolute atomic E-state index is 0.0747. The van der Waals surface area contributed by atoms with Crippen LogP contribution in [0.15, 0.2) is 47.2 Å². The van der Waals surface area contributed by atoms with Gasteiger partial charge in [-0.05, 0) is 24.8 Å². The number of aliphatic hydroxyl groups is 1. The monoisotopic (exact) mass is 427 g/mol. The molecule has 1 aromatic heterocycles. The standard InChI is InChI=1S/C25H35N2O4/c1-27(16-7-13-22-15-18-31-26-22)17-8-14-23(27)19-30-24(28)25(29,21-11-5-6-12-21)20-9-3-2-4-10-20/h2-4,9-10,15,18,21,23,29H,5-8,11-14,16-17,19H2,1H3/q+1/t23?,25?,27-/m0/s1. The average Bonchev–Trinajstić information content (AvgIpc) is 3.55. The lowest BCUT2D eigenvalue weighted by Crippen LogP contribution is -2.52. The molecule has 3 atom stereocenters. The first-order valence-electron chi connectivity index (χ1n) is 11.7. The van der Waals surface area contributed by atoms with Gasteiger partial charge in [0.2, 0.25) is 0 Å². The normalized spacial score (nSPS) is 26.1. The number of carbonyl (C=O) groups is 1. The maximum atomic E-state index is 13.3. The number of hydrogen-bond donors (Lipinski definition) is 1. The third-order valence-electron chi connectivity index (χ3n) is 7.56. The van der Waals surface area contributed by atoms with E-state index in [2.05, 4.69) is 12.2 Å². The molecule has 168 valence electrons. The van der Waals surface area contributed by atoms with Crippen molar-refractivity contribution in [1.82, 2.24) is 5.16 Å². The van der Waals surface area contributed by atoms with Crippen molar-refractivity contribution in [2.45, 2.75) is 63.0 Å². The topological polar surface area (TPSA) is 72.6 Å². The van der Waals surface area contributed by atoms with Crippen LogP contribution in [0.5, 0.6) is 0 Å². The SMILES string of the molecule is C[N@+]1(CCCc2ccon2)CCCC1COC(=O)C(O)(c1ccccc1)C1CCCC1. The quantitative estimate of drug-likeness (QED) is 0.486. The van der Waals surface area contributed by atoms with Gasteiger partial charge in [-0.3, -0.25) is 0 Å². The summed E-state index contributed by atoms with van der Waals surface area (Å²) < 4.78 is 11.7. The van der Waals surface area contributed by atoms with Gasteiger partial charge in [-0.2, -0.15) is 0 Å². The first-order valence-corrected chi connectivity index (χ1v) is 11.7. The molecular formula is C25H35N2O4+. The first-order chi connectivity index (χ1) is 15.0. The summed E-state index contributed by atoms with van der Waals surface area (Å²) in [6.45, 7) is 2.47. The summed E-state index contributed by atoms with van der Waals surface area (Å²) in [5.74, 6) is -0.555. The highest BCUT2D eigenvalue weighted by Crippen LogP contribution is 2.41. The van der Waals surface area contributed by atoms with Gasteiger partial charge in [-0.15, -0.1) is 0 Å². The predicted molar refractivity (Wildman–Crippen MR) is 117 cm³/mol. The Morgan fingerprint density at radius 2 is 1.97 bits per heavy atom. The Morgan fingerprint density at radius 3 is 2.68 bits per heavy atom. The highest BCUT2D eigenvalue weighted by atomic mass is 16.6. The fourth-order valence-electron chi connectivity index (χ4n) is 5.57. The van der Waals surface area contributed by atoms with Crippen molar-refractivity contribution in [2.24, 2.45) is 5.92 Å². The van der Waals surface area contributed by atoms with E-state index >= 15 is 0 Å². The van der Waals surface area contributed by atoms with Crippen LogP contribution in [0, 0.1) is 5.92 Å². The molecule has 0 amide bonds. The van der Waals surface area contributed by atoms with Crippen LogP contribution in [0.2, 0.25) is 0 Å². The van der Waals surface area contributed by atoms with E-state index in [1.165, 1.54) is 0 Å². The van der Waals surface area contributed by atoms with Gasteiger partial charge < -0.3 is 18.8 Å². The maximum Gasteiger partial charge on any atom is 0.343 e. The van der Waals surface area contributed by atoms with Gasteiger partial charge in [0, 0.05) is 31.2 Å². The fraction of sp³-hybridized carbons (Fsp3) is 0.600. The van der Waals surface area contributed by atoms with Gasteiger partial charge >= 0.3 is 5.97 Å². The second-order valence-electron chi connectivity index (χ2n) is 9.53. The summed E-state index contributed by atoms with van der Waals surface area (Å²) in [4.78, 5) is 13.3. The van der Waals surface area contributed by atoms with E-state index in [1.54, 1.807) is 6.26 Å². The number of aromatic nitrogens is 1. The smallest absolute Gasteiger partial charge is 0.343 e. The van der Waals surface area contributed by atoms with E-state index in [-0.39, 0.29) is 12.0 Å². The number of benzene rings is 1. The lowest BCUT2D eigenvalue weighted by Gasteiger charge is -2.37. The number of likely N-dealkylation sites (N-methyl/N-ethyl adjacent to an activating group) is 1. The van der Waals surface area contributed by atoms with E-state index in [0.717, 1.165) is 74.6 Å². The largest absolute Gasteiger partial charge is 0.457 e. The molecule has 1 aliphatic carbocycles. The van der Waals surface area contributed by atoms with Crippen molar-refractivity contribution >= 4 is 5.97 Å². The Balaban J connectivity index is 1.39. The molecule has 1 aromatic carbocycles. The van der Waals surface area contributed by atoms with E-state index in [4.69, 9.17) is 9.26 Å². The number of nitrogens with zero attached hydrogens (tertiary/aromatic N) is 2. The molecule has 0 bridgehead atoms. The van der Waals surface area contributed by atoms with Crippen LogP contribution in [0.25, 0.3) is 0 Å². The second kappa shape index (κ2) is 9.53. The molecule has 1 N–H and O–H groups in total. The summed E-state index contributed by atoms with van der Waals surface area (Å²) in [6, 6.07) is 11.5. The highest BCUT2D eigenvalue weighted by molar-refractivity contribution is 5.81. The van der Waals surface area contributed by atoms with Crippen molar-refractivity contribution in [2.75, 3.05) is 26.7 Å². The lowest BCUT2D eigenvalue weighted by atomic mass is 9.80. The zero-order valence-electron chi connectivity index (χ0n) is 18.5. The van der Waals surface area contributed by atoms with Gasteiger partial charge in [-0.1, -0.05) is 48.3 Å². The first kappa shape index (κ1) is 22.0. The van der Waals surface area contributed by atoms with Crippen molar-refractivity contribution in [3.05, 3.63) is 53.9 Å². The van der Waals surface area contributed by atoms with Gasteiger partial charge in [0.05, 0.1) is 25.8 Å². The molecule has 1 aliphatic heterocycles. The Morgan fingerprint density at radius 1 is 1.19 bits per heavy atom. The zero-order valence-corrected chi connectivity index (χ0v) is 18.5. The van der Waals surface area contributed by atoms with Gasteiger partial charge in [0.1, 0.15) is 18.9 Å². The average molecular weight is 428 g/mol. The number of hydrogen-bond acceptors (Lipinski definition) is 5. The molecule has 6 nitrogen and oxygen atoms in total. The number of aryl methyl sites for hydroxylation is 1. The molecule has 1 saturated carbocycles. The van der Waals surface area contributed by atoms with E-state index in [9.17, 15) is 9.90 Å². The van der Waals surface area contributed by atoms with E-state index in [0.29, 0.717) is 12.2 Å². The van der Waals surface area contributed by atoms with Crippen LogP contribution in [0.4, 0.5) is 0 Å². The van der Waals surface area contributed by atoms with Gasteiger partial charge in [0.25, 0.3) is 0 Å². The Kier molecular flexibility index (Phi) is 6.77. The van der Waals surface area contributed by atoms with Crippen LogP contribution in [-0.2, 0) is 21.6 Å². The van der Waals surface area contributed by atoms with Crippen LogP contribution in [-0.4, -0.2) is 53.5 Å². The number of quaternary nitrogens is 1. The molecule has 2 aliphatic rings. The Bertz CT molecular complexity index is 834. The zero-order chi connectivity index (χ0) is 21.7. The number of rotatable bonds is 9. The Hall–Kier alpha value is -2.18. The summed E-state index contributed by atoms with van der Waals surface area (Å²) in [5.41, 5.74) is 0.0913. The van der Waals surface area contributed by atoms with Gasteiger partial charge in [0.15, 0.2) is 5.60 Å². The molecule has 2 heterocycles. The predicted octanol–water partition coefficient (Wildman–Crippen LogP) is 3.84. The minimum atomic E-state index is -1.55. The molecule has 6 heteroatoms. The number of ether oxygens (including phenoxy) is 1. The minimum Gasteiger partial charge on any atom is -0.457 e. The third kappa shape index (κ3) is 4.70. The molecule has 2 fully saturated rings.